The van der Waals surface area contributed by atoms with E-state index >= 15 is 0 Å². The fourth-order valence-electron chi connectivity index (χ4n) is 2.20. The Labute approximate surface area is 121 Å². The average molecular weight is 297 g/mol. The summed E-state index contributed by atoms with van der Waals surface area (Å²) in [6.45, 7) is 0.795. The lowest BCUT2D eigenvalue weighted by Gasteiger charge is -2.32. The third kappa shape index (κ3) is 3.69. The highest BCUT2D eigenvalue weighted by Crippen LogP contribution is 2.20. The van der Waals surface area contributed by atoms with Gasteiger partial charge in [0.1, 0.15) is 0 Å². The van der Waals surface area contributed by atoms with Crippen LogP contribution in [0.25, 0.3) is 0 Å². The van der Waals surface area contributed by atoms with Crippen LogP contribution in [-0.4, -0.2) is 54.8 Å². The van der Waals surface area contributed by atoms with Crippen LogP contribution in [-0.2, 0) is 9.53 Å². The Kier molecular flexibility index (Phi) is 4.74. The van der Waals surface area contributed by atoms with Gasteiger partial charge < -0.3 is 19.5 Å². The van der Waals surface area contributed by atoms with Crippen molar-refractivity contribution in [2.45, 2.75) is 12.5 Å². The van der Waals surface area contributed by atoms with Crippen LogP contribution in [0.1, 0.15) is 16.8 Å². The third-order valence-electron chi connectivity index (χ3n) is 3.23. The largest absolute Gasteiger partial charge is 0.494 e. The molecule has 114 valence electrons. The number of benzene rings is 1. The number of hydrogen-bond donors (Lipinski definition) is 1. The number of carbonyl (C=O) groups excluding carboxylic acids is 1. The summed E-state index contributed by atoms with van der Waals surface area (Å²) in [5, 5.41) is 8.75. The Bertz CT molecular complexity index is 548. The lowest BCUT2D eigenvalue weighted by molar-refractivity contribution is -0.141. The van der Waals surface area contributed by atoms with E-state index in [4.69, 9.17) is 14.6 Å². The van der Waals surface area contributed by atoms with Crippen LogP contribution in [0.15, 0.2) is 18.2 Å². The molecule has 1 fully saturated rings. The highest BCUT2D eigenvalue weighted by Gasteiger charge is 2.27. The molecule has 1 heterocycles. The molecule has 1 aliphatic rings. The lowest BCUT2D eigenvalue weighted by atomic mass is 10.1. The number of rotatable bonds is 4. The van der Waals surface area contributed by atoms with Gasteiger partial charge in [0.05, 0.1) is 26.2 Å². The maximum absolute atomic E-state index is 13.6. The van der Waals surface area contributed by atoms with Crippen molar-refractivity contribution in [2.75, 3.05) is 26.8 Å². The maximum atomic E-state index is 13.6. The van der Waals surface area contributed by atoms with Crippen LogP contribution >= 0.6 is 0 Å². The van der Waals surface area contributed by atoms with Crippen molar-refractivity contribution >= 4 is 11.9 Å². The summed E-state index contributed by atoms with van der Waals surface area (Å²) in [4.78, 5) is 24.5. The van der Waals surface area contributed by atoms with Crippen molar-refractivity contribution in [1.29, 1.82) is 0 Å². The van der Waals surface area contributed by atoms with Crippen LogP contribution in [0.5, 0.6) is 5.75 Å². The van der Waals surface area contributed by atoms with Gasteiger partial charge in [-0.2, -0.15) is 0 Å². The number of morpholine rings is 1. The smallest absolute Gasteiger partial charge is 0.306 e. The fraction of sp³-hybridized carbons (Fsp3) is 0.429. The van der Waals surface area contributed by atoms with E-state index in [1.165, 1.54) is 24.1 Å². The Balaban J connectivity index is 2.08. The number of carboxylic acid groups (broad SMARTS) is 1. The van der Waals surface area contributed by atoms with Gasteiger partial charge in [0.2, 0.25) is 0 Å². The van der Waals surface area contributed by atoms with Crippen LogP contribution in [0, 0.1) is 5.82 Å². The van der Waals surface area contributed by atoms with Crippen LogP contribution in [0.2, 0.25) is 0 Å². The van der Waals surface area contributed by atoms with Gasteiger partial charge in [-0.1, -0.05) is 0 Å². The molecule has 1 amide bonds. The minimum atomic E-state index is -0.982. The molecule has 1 atom stereocenters. The molecular weight excluding hydrogens is 281 g/mol. The van der Waals surface area contributed by atoms with E-state index in [0.29, 0.717) is 6.54 Å². The summed E-state index contributed by atoms with van der Waals surface area (Å²) in [5.41, 5.74) is 0.198. The summed E-state index contributed by atoms with van der Waals surface area (Å²) < 4.78 is 23.7. The number of carboxylic acids is 1. The first-order valence-corrected chi connectivity index (χ1v) is 6.47. The van der Waals surface area contributed by atoms with Crippen LogP contribution in [0.4, 0.5) is 4.39 Å². The predicted molar refractivity (Wildman–Crippen MR) is 70.8 cm³/mol. The van der Waals surface area contributed by atoms with E-state index in [2.05, 4.69) is 0 Å². The Morgan fingerprint density at radius 3 is 2.90 bits per heavy atom. The molecule has 1 unspecified atom stereocenters. The molecule has 0 aliphatic carbocycles. The van der Waals surface area contributed by atoms with E-state index in [-0.39, 0.29) is 36.8 Å². The molecule has 1 N–H and O–H groups in total. The Hall–Kier alpha value is -2.15. The van der Waals surface area contributed by atoms with E-state index in [1.54, 1.807) is 0 Å². The standard InChI is InChI=1S/C14H16FNO5/c1-20-12-3-2-9(6-11(12)15)14(19)16-4-5-21-10(8-16)7-13(17)18/h2-3,6,10H,4-5,7-8H2,1H3,(H,17,18). The second-order valence-electron chi connectivity index (χ2n) is 4.69. The van der Waals surface area contributed by atoms with Gasteiger partial charge in [0.15, 0.2) is 11.6 Å². The number of methoxy groups -OCH3 is 1. The van der Waals surface area contributed by atoms with Crippen LogP contribution < -0.4 is 4.74 Å². The molecule has 0 aromatic heterocycles. The summed E-state index contributed by atoms with van der Waals surface area (Å²) in [5.74, 6) is -1.88. The quantitative estimate of drug-likeness (QED) is 0.902. The third-order valence-corrected chi connectivity index (χ3v) is 3.23. The van der Waals surface area contributed by atoms with Gasteiger partial charge in [-0.25, -0.2) is 4.39 Å². The molecule has 0 saturated carbocycles. The molecule has 0 bridgehead atoms. The number of amides is 1. The van der Waals surface area contributed by atoms with Crippen molar-refractivity contribution in [2.24, 2.45) is 0 Å². The first kappa shape index (κ1) is 15.2. The van der Waals surface area contributed by atoms with E-state index in [9.17, 15) is 14.0 Å². The zero-order chi connectivity index (χ0) is 15.4. The first-order chi connectivity index (χ1) is 10.0. The maximum Gasteiger partial charge on any atom is 0.306 e. The molecule has 1 saturated heterocycles. The molecular formula is C14H16FNO5. The second kappa shape index (κ2) is 6.53. The molecule has 7 heteroatoms. The van der Waals surface area contributed by atoms with Gasteiger partial charge in [0.25, 0.3) is 5.91 Å². The van der Waals surface area contributed by atoms with Crippen molar-refractivity contribution in [3.8, 4) is 5.75 Å². The fourth-order valence-corrected chi connectivity index (χ4v) is 2.20. The minimum absolute atomic E-state index is 0.0669. The molecule has 1 aromatic rings. The zero-order valence-electron chi connectivity index (χ0n) is 11.5. The van der Waals surface area contributed by atoms with Crippen molar-refractivity contribution in [3.05, 3.63) is 29.6 Å². The van der Waals surface area contributed by atoms with Gasteiger partial charge in [-0.3, -0.25) is 9.59 Å². The van der Waals surface area contributed by atoms with Crippen LogP contribution in [0.3, 0.4) is 0 Å². The summed E-state index contributed by atoms with van der Waals surface area (Å²) in [6, 6.07) is 3.98. The molecule has 0 spiro atoms. The molecule has 6 nitrogen and oxygen atoms in total. The SMILES string of the molecule is COc1ccc(C(=O)N2CCOC(CC(=O)O)C2)cc1F. The minimum Gasteiger partial charge on any atom is -0.494 e. The number of halogens is 1. The molecule has 2 rings (SSSR count). The van der Waals surface area contributed by atoms with E-state index in [1.807, 2.05) is 0 Å². The summed E-state index contributed by atoms with van der Waals surface area (Å²) in [6.07, 6.45) is -0.705. The van der Waals surface area contributed by atoms with Crippen molar-refractivity contribution < 1.29 is 28.6 Å². The molecule has 21 heavy (non-hydrogen) atoms. The van der Waals surface area contributed by atoms with Gasteiger partial charge in [0, 0.05) is 18.7 Å². The molecule has 1 aromatic carbocycles. The lowest BCUT2D eigenvalue weighted by Crippen LogP contribution is -2.46. The van der Waals surface area contributed by atoms with Crippen molar-refractivity contribution in [1.82, 2.24) is 4.90 Å². The Morgan fingerprint density at radius 2 is 2.29 bits per heavy atom. The Morgan fingerprint density at radius 1 is 1.52 bits per heavy atom. The monoisotopic (exact) mass is 297 g/mol. The second-order valence-corrected chi connectivity index (χ2v) is 4.69. The molecule has 0 radical (unpaired) electrons. The average Bonchev–Trinajstić information content (AvgIpc) is 2.46. The number of hydrogen-bond acceptors (Lipinski definition) is 4. The van der Waals surface area contributed by atoms with E-state index < -0.39 is 17.9 Å². The highest BCUT2D eigenvalue weighted by atomic mass is 19.1. The van der Waals surface area contributed by atoms with Gasteiger partial charge in [-0.15, -0.1) is 0 Å². The predicted octanol–water partition coefficient (Wildman–Crippen LogP) is 1.15. The van der Waals surface area contributed by atoms with Crippen molar-refractivity contribution in [3.63, 3.8) is 0 Å². The normalized spacial score (nSPS) is 18.4. The number of nitrogens with zero attached hydrogens (tertiary/aromatic N) is 1. The number of aliphatic carboxylic acids is 1. The highest BCUT2D eigenvalue weighted by molar-refractivity contribution is 5.94. The summed E-state index contributed by atoms with van der Waals surface area (Å²) >= 11 is 0. The first-order valence-electron chi connectivity index (χ1n) is 6.47. The number of carbonyl (C=O) groups is 2. The number of ether oxygens (including phenoxy) is 2. The summed E-state index contributed by atoms with van der Waals surface area (Å²) in [7, 11) is 1.35. The topological polar surface area (TPSA) is 76.1 Å². The zero-order valence-corrected chi connectivity index (χ0v) is 11.5. The van der Waals surface area contributed by atoms with Gasteiger partial charge in [-0.05, 0) is 18.2 Å². The van der Waals surface area contributed by atoms with E-state index in [0.717, 1.165) is 6.07 Å². The van der Waals surface area contributed by atoms with Gasteiger partial charge >= 0.3 is 5.97 Å². The molecule has 1 aliphatic heterocycles.